The number of aliphatic hydroxyl groups excluding tert-OH is 1. The highest BCUT2D eigenvalue weighted by Gasteiger charge is 2.23. The number of rotatable bonds is 2. The lowest BCUT2D eigenvalue weighted by Gasteiger charge is -2.09. The Kier molecular flexibility index (Phi) is 2.54. The van der Waals surface area contributed by atoms with Crippen molar-refractivity contribution in [3.05, 3.63) is 23.0 Å². The summed E-state index contributed by atoms with van der Waals surface area (Å²) in [5.41, 5.74) is 2.36. The summed E-state index contributed by atoms with van der Waals surface area (Å²) in [6, 6.07) is 1.67. The Labute approximate surface area is 80.9 Å². The average Bonchev–Trinajstić information content (AvgIpc) is 2.59. The number of aryl methyl sites for hydroxylation is 2. The highest BCUT2D eigenvalue weighted by Crippen LogP contribution is 2.26. The first kappa shape index (κ1) is 9.65. The molecule has 0 aromatic carbocycles. The molecule has 0 amide bonds. The van der Waals surface area contributed by atoms with Crippen LogP contribution in [0.3, 0.4) is 0 Å². The van der Waals surface area contributed by atoms with E-state index in [4.69, 9.17) is 5.11 Å². The molecule has 78 valence electrons. The van der Waals surface area contributed by atoms with Crippen molar-refractivity contribution in [2.45, 2.75) is 38.2 Å². The number of aromatic amines is 1. The van der Waals surface area contributed by atoms with Crippen LogP contribution in [-0.2, 0) is 12.8 Å². The standard InChI is InChI=1S/C10H13F2NO/c11-10(12)9(14)8-5-6-3-1-2-4-7(6)13-8/h5,9-10,13-14H,1-4H2. The Bertz CT molecular complexity index is 298. The normalized spacial score (nSPS) is 18.3. The molecule has 2 nitrogen and oxygen atoms in total. The summed E-state index contributed by atoms with van der Waals surface area (Å²) in [5.74, 6) is 0. The van der Waals surface area contributed by atoms with Crippen LogP contribution in [0, 0.1) is 0 Å². The molecule has 0 radical (unpaired) electrons. The maximum Gasteiger partial charge on any atom is 0.269 e. The van der Waals surface area contributed by atoms with Crippen molar-refractivity contribution in [2.75, 3.05) is 0 Å². The number of nitrogens with one attached hydrogen (secondary N) is 1. The number of fused-ring (bicyclic) bond motifs is 1. The fourth-order valence-electron chi connectivity index (χ4n) is 1.92. The number of hydrogen-bond donors (Lipinski definition) is 2. The molecule has 0 aliphatic heterocycles. The highest BCUT2D eigenvalue weighted by molar-refractivity contribution is 5.29. The van der Waals surface area contributed by atoms with Crippen LogP contribution < -0.4 is 0 Å². The third-order valence-corrected chi connectivity index (χ3v) is 2.69. The predicted octanol–water partition coefficient (Wildman–Crippen LogP) is 2.19. The molecule has 0 bridgehead atoms. The van der Waals surface area contributed by atoms with Crippen LogP contribution in [0.1, 0.15) is 35.9 Å². The number of H-pyrrole nitrogens is 1. The lowest BCUT2D eigenvalue weighted by Crippen LogP contribution is -2.08. The molecule has 0 saturated carbocycles. The second-order valence-corrected chi connectivity index (χ2v) is 3.71. The topological polar surface area (TPSA) is 36.0 Å². The SMILES string of the molecule is OC(c1cc2c([nH]1)CCCC2)C(F)F. The smallest absolute Gasteiger partial charge is 0.269 e. The summed E-state index contributed by atoms with van der Waals surface area (Å²) >= 11 is 0. The number of halogens is 2. The number of aromatic nitrogens is 1. The molecule has 1 aliphatic rings. The van der Waals surface area contributed by atoms with Crippen molar-refractivity contribution in [3.8, 4) is 0 Å². The zero-order chi connectivity index (χ0) is 10.1. The lowest BCUT2D eigenvalue weighted by atomic mass is 9.98. The van der Waals surface area contributed by atoms with Gasteiger partial charge < -0.3 is 10.1 Å². The molecule has 1 atom stereocenters. The van der Waals surface area contributed by atoms with E-state index in [2.05, 4.69) is 4.98 Å². The van der Waals surface area contributed by atoms with Crippen molar-refractivity contribution >= 4 is 0 Å². The molecule has 14 heavy (non-hydrogen) atoms. The van der Waals surface area contributed by atoms with Gasteiger partial charge in [-0.2, -0.15) is 0 Å². The molecule has 0 saturated heterocycles. The summed E-state index contributed by atoms with van der Waals surface area (Å²) in [5, 5.41) is 9.17. The van der Waals surface area contributed by atoms with Crippen molar-refractivity contribution in [3.63, 3.8) is 0 Å². The predicted molar refractivity (Wildman–Crippen MR) is 48.4 cm³/mol. The molecule has 1 unspecified atom stereocenters. The van der Waals surface area contributed by atoms with Crippen LogP contribution in [0.2, 0.25) is 0 Å². The van der Waals surface area contributed by atoms with Crippen molar-refractivity contribution < 1.29 is 13.9 Å². The van der Waals surface area contributed by atoms with Gasteiger partial charge in [0.2, 0.25) is 0 Å². The average molecular weight is 201 g/mol. The minimum absolute atomic E-state index is 0.256. The second kappa shape index (κ2) is 3.69. The van der Waals surface area contributed by atoms with Gasteiger partial charge in [-0.25, -0.2) is 8.78 Å². The van der Waals surface area contributed by atoms with E-state index in [-0.39, 0.29) is 5.69 Å². The Hall–Kier alpha value is -0.900. The quantitative estimate of drug-likeness (QED) is 0.756. The molecule has 2 N–H and O–H groups in total. The summed E-state index contributed by atoms with van der Waals surface area (Å²) in [6.45, 7) is 0. The second-order valence-electron chi connectivity index (χ2n) is 3.71. The van der Waals surface area contributed by atoms with Gasteiger partial charge in [0.15, 0.2) is 6.10 Å². The van der Waals surface area contributed by atoms with E-state index in [1.54, 1.807) is 6.07 Å². The molecule has 2 rings (SSSR count). The van der Waals surface area contributed by atoms with E-state index < -0.39 is 12.5 Å². The number of aliphatic hydroxyl groups is 1. The fraction of sp³-hybridized carbons (Fsp3) is 0.600. The van der Waals surface area contributed by atoms with E-state index >= 15 is 0 Å². The fourth-order valence-corrected chi connectivity index (χ4v) is 1.92. The van der Waals surface area contributed by atoms with Gasteiger partial charge in [0.25, 0.3) is 6.43 Å². The largest absolute Gasteiger partial charge is 0.381 e. The van der Waals surface area contributed by atoms with Crippen LogP contribution in [0.4, 0.5) is 8.78 Å². The zero-order valence-corrected chi connectivity index (χ0v) is 7.76. The molecule has 1 heterocycles. The third-order valence-electron chi connectivity index (χ3n) is 2.69. The molecular weight excluding hydrogens is 188 g/mol. The lowest BCUT2D eigenvalue weighted by molar-refractivity contribution is -0.00798. The molecule has 1 aliphatic carbocycles. The van der Waals surface area contributed by atoms with Gasteiger partial charge in [0.05, 0.1) is 5.69 Å². The summed E-state index contributed by atoms with van der Waals surface area (Å²) in [6.07, 6.45) is -0.337. The van der Waals surface area contributed by atoms with Gasteiger partial charge in [-0.1, -0.05) is 0 Å². The van der Waals surface area contributed by atoms with Crippen molar-refractivity contribution in [1.29, 1.82) is 0 Å². The zero-order valence-electron chi connectivity index (χ0n) is 7.76. The first-order chi connectivity index (χ1) is 6.68. The Morgan fingerprint density at radius 2 is 2.00 bits per heavy atom. The van der Waals surface area contributed by atoms with E-state index in [0.29, 0.717) is 0 Å². The highest BCUT2D eigenvalue weighted by atomic mass is 19.3. The summed E-state index contributed by atoms with van der Waals surface area (Å²) in [4.78, 5) is 2.88. The third kappa shape index (κ3) is 1.66. The molecule has 4 heteroatoms. The Morgan fingerprint density at radius 1 is 1.29 bits per heavy atom. The van der Waals surface area contributed by atoms with Crippen molar-refractivity contribution in [2.24, 2.45) is 0 Å². The van der Waals surface area contributed by atoms with Crippen LogP contribution >= 0.6 is 0 Å². The Morgan fingerprint density at radius 3 is 2.64 bits per heavy atom. The van der Waals surface area contributed by atoms with E-state index in [1.165, 1.54) is 0 Å². The number of alkyl halides is 2. The minimum atomic E-state index is -2.71. The number of hydrogen-bond acceptors (Lipinski definition) is 1. The van der Waals surface area contributed by atoms with Gasteiger partial charge in [-0.05, 0) is 37.3 Å². The monoisotopic (exact) mass is 201 g/mol. The first-order valence-corrected chi connectivity index (χ1v) is 4.85. The maximum absolute atomic E-state index is 12.2. The summed E-state index contributed by atoms with van der Waals surface area (Å²) < 4.78 is 24.4. The van der Waals surface area contributed by atoms with Gasteiger partial charge in [0.1, 0.15) is 0 Å². The molecule has 0 spiro atoms. The van der Waals surface area contributed by atoms with Gasteiger partial charge >= 0.3 is 0 Å². The van der Waals surface area contributed by atoms with E-state index in [0.717, 1.165) is 36.9 Å². The van der Waals surface area contributed by atoms with Crippen molar-refractivity contribution in [1.82, 2.24) is 4.98 Å². The van der Waals surface area contributed by atoms with Gasteiger partial charge in [-0.3, -0.25) is 0 Å². The molecule has 1 aromatic rings. The van der Waals surface area contributed by atoms with Crippen LogP contribution in [0.25, 0.3) is 0 Å². The van der Waals surface area contributed by atoms with Gasteiger partial charge in [-0.15, -0.1) is 0 Å². The molecule has 0 fully saturated rings. The van der Waals surface area contributed by atoms with Crippen LogP contribution in [0.15, 0.2) is 6.07 Å². The first-order valence-electron chi connectivity index (χ1n) is 4.85. The van der Waals surface area contributed by atoms with Gasteiger partial charge in [0, 0.05) is 5.69 Å². The molecule has 1 aromatic heterocycles. The van der Waals surface area contributed by atoms with Crippen LogP contribution in [-0.4, -0.2) is 16.5 Å². The Balaban J connectivity index is 2.23. The summed E-state index contributed by atoms with van der Waals surface area (Å²) in [7, 11) is 0. The van der Waals surface area contributed by atoms with Crippen LogP contribution in [0.5, 0.6) is 0 Å². The minimum Gasteiger partial charge on any atom is -0.381 e. The molecular formula is C10H13F2NO. The van der Waals surface area contributed by atoms with E-state index in [1.807, 2.05) is 0 Å². The van der Waals surface area contributed by atoms with E-state index in [9.17, 15) is 8.78 Å². The maximum atomic E-state index is 12.2.